The topological polar surface area (TPSA) is 46.5 Å². The molecule has 1 atom stereocenters. The van der Waals surface area contributed by atoms with E-state index in [0.717, 1.165) is 20.9 Å². The Balaban J connectivity index is 2.47. The quantitative estimate of drug-likeness (QED) is 0.760. The lowest BCUT2D eigenvalue weighted by atomic mass is 10.1. The molecular formula is C13H16Br2O3. The van der Waals surface area contributed by atoms with E-state index >= 15 is 0 Å². The summed E-state index contributed by atoms with van der Waals surface area (Å²) < 4.78 is 6.77. The van der Waals surface area contributed by atoms with Gasteiger partial charge in [-0.2, -0.15) is 0 Å². The highest BCUT2D eigenvalue weighted by Gasteiger charge is 2.12. The van der Waals surface area contributed by atoms with E-state index in [9.17, 15) is 9.90 Å². The predicted molar refractivity (Wildman–Crippen MR) is 77.3 cm³/mol. The molecule has 1 N–H and O–H groups in total. The lowest BCUT2D eigenvalue weighted by Crippen LogP contribution is -2.08. The molecule has 18 heavy (non-hydrogen) atoms. The summed E-state index contributed by atoms with van der Waals surface area (Å²) in [4.78, 5) is 11.3. The van der Waals surface area contributed by atoms with Crippen molar-refractivity contribution in [2.45, 2.75) is 32.3 Å². The lowest BCUT2D eigenvalue weighted by Gasteiger charge is -2.11. The van der Waals surface area contributed by atoms with Gasteiger partial charge in [0.1, 0.15) is 0 Å². The first-order chi connectivity index (χ1) is 8.54. The fourth-order valence-electron chi connectivity index (χ4n) is 1.43. The molecule has 0 aliphatic heterocycles. The SMILES string of the molecule is CCCOC(=O)CCC(O)c1ccc(Br)c(Br)c1. The van der Waals surface area contributed by atoms with Crippen molar-refractivity contribution in [3.63, 3.8) is 0 Å². The summed E-state index contributed by atoms with van der Waals surface area (Å²) in [6, 6.07) is 5.53. The maximum atomic E-state index is 11.3. The third-order valence-electron chi connectivity index (χ3n) is 2.42. The zero-order chi connectivity index (χ0) is 13.5. The molecule has 0 spiro atoms. The average molecular weight is 380 g/mol. The second kappa shape index (κ2) is 7.92. The zero-order valence-electron chi connectivity index (χ0n) is 10.2. The average Bonchev–Trinajstić information content (AvgIpc) is 2.36. The van der Waals surface area contributed by atoms with Gasteiger partial charge in [0, 0.05) is 15.4 Å². The Morgan fingerprint density at radius 1 is 1.39 bits per heavy atom. The second-order valence-electron chi connectivity index (χ2n) is 3.95. The number of ether oxygens (including phenoxy) is 1. The van der Waals surface area contributed by atoms with E-state index in [4.69, 9.17) is 4.74 Å². The van der Waals surface area contributed by atoms with Crippen LogP contribution in [-0.2, 0) is 9.53 Å². The molecule has 0 saturated heterocycles. The molecule has 100 valence electrons. The van der Waals surface area contributed by atoms with E-state index in [1.165, 1.54) is 0 Å². The van der Waals surface area contributed by atoms with Gasteiger partial charge in [-0.15, -0.1) is 0 Å². The first-order valence-corrected chi connectivity index (χ1v) is 7.41. The molecule has 1 rings (SSSR count). The highest BCUT2D eigenvalue weighted by Crippen LogP contribution is 2.28. The van der Waals surface area contributed by atoms with Crippen LogP contribution in [0.1, 0.15) is 37.9 Å². The van der Waals surface area contributed by atoms with E-state index in [1.54, 1.807) is 0 Å². The fourth-order valence-corrected chi connectivity index (χ4v) is 2.07. The third-order valence-corrected chi connectivity index (χ3v) is 4.30. The maximum absolute atomic E-state index is 11.3. The summed E-state index contributed by atoms with van der Waals surface area (Å²) in [7, 11) is 0. The number of rotatable bonds is 6. The van der Waals surface area contributed by atoms with Crippen LogP contribution >= 0.6 is 31.9 Å². The lowest BCUT2D eigenvalue weighted by molar-refractivity contribution is -0.144. The molecule has 5 heteroatoms. The highest BCUT2D eigenvalue weighted by atomic mass is 79.9. The number of aliphatic hydroxyl groups is 1. The summed E-state index contributed by atoms with van der Waals surface area (Å²) in [5.74, 6) is -0.257. The Morgan fingerprint density at radius 2 is 2.11 bits per heavy atom. The Bertz CT molecular complexity index is 407. The van der Waals surface area contributed by atoms with Gasteiger partial charge in [-0.3, -0.25) is 4.79 Å². The minimum atomic E-state index is -0.649. The Hall–Kier alpha value is -0.390. The minimum absolute atomic E-state index is 0.231. The summed E-state index contributed by atoms with van der Waals surface area (Å²) in [6.45, 7) is 2.39. The molecular weight excluding hydrogens is 364 g/mol. The molecule has 3 nitrogen and oxygen atoms in total. The standard InChI is InChI=1S/C13H16Br2O3/c1-2-7-18-13(17)6-5-12(16)9-3-4-10(14)11(15)8-9/h3-4,8,12,16H,2,5-7H2,1H3. The molecule has 0 fully saturated rings. The number of benzene rings is 1. The van der Waals surface area contributed by atoms with Crippen molar-refractivity contribution >= 4 is 37.8 Å². The summed E-state index contributed by atoms with van der Waals surface area (Å²) >= 11 is 6.75. The summed E-state index contributed by atoms with van der Waals surface area (Å²) in [5.41, 5.74) is 0.786. The molecule has 1 unspecified atom stereocenters. The van der Waals surface area contributed by atoms with Crippen molar-refractivity contribution in [2.24, 2.45) is 0 Å². The fraction of sp³-hybridized carbons (Fsp3) is 0.462. The van der Waals surface area contributed by atoms with Crippen LogP contribution in [0, 0.1) is 0 Å². The number of hydrogen-bond acceptors (Lipinski definition) is 3. The van der Waals surface area contributed by atoms with Crippen LogP contribution in [0.15, 0.2) is 27.1 Å². The van der Waals surface area contributed by atoms with E-state index < -0.39 is 6.10 Å². The molecule has 1 aromatic carbocycles. The van der Waals surface area contributed by atoms with Crippen LogP contribution in [0.25, 0.3) is 0 Å². The second-order valence-corrected chi connectivity index (χ2v) is 5.66. The van der Waals surface area contributed by atoms with Crippen LogP contribution < -0.4 is 0 Å². The Morgan fingerprint density at radius 3 is 2.72 bits per heavy atom. The molecule has 0 aliphatic rings. The van der Waals surface area contributed by atoms with E-state index in [2.05, 4.69) is 31.9 Å². The number of esters is 1. The number of carbonyl (C=O) groups excluding carboxylic acids is 1. The van der Waals surface area contributed by atoms with Crippen LogP contribution in [0.4, 0.5) is 0 Å². The van der Waals surface area contributed by atoms with Crippen LogP contribution in [0.5, 0.6) is 0 Å². The molecule has 0 aromatic heterocycles. The van der Waals surface area contributed by atoms with E-state index in [1.807, 2.05) is 25.1 Å². The van der Waals surface area contributed by atoms with Crippen molar-refractivity contribution in [1.29, 1.82) is 0 Å². The summed E-state index contributed by atoms with van der Waals surface area (Å²) in [5, 5.41) is 9.97. The van der Waals surface area contributed by atoms with Gasteiger partial charge in [0.05, 0.1) is 12.7 Å². The third kappa shape index (κ3) is 5.08. The van der Waals surface area contributed by atoms with Crippen molar-refractivity contribution in [2.75, 3.05) is 6.61 Å². The molecule has 0 heterocycles. The van der Waals surface area contributed by atoms with Gasteiger partial charge in [0.25, 0.3) is 0 Å². The smallest absolute Gasteiger partial charge is 0.305 e. The largest absolute Gasteiger partial charge is 0.466 e. The van der Waals surface area contributed by atoms with Crippen LogP contribution in [0.2, 0.25) is 0 Å². The van der Waals surface area contributed by atoms with Crippen LogP contribution in [0.3, 0.4) is 0 Å². The van der Waals surface area contributed by atoms with Crippen molar-refractivity contribution in [1.82, 2.24) is 0 Å². The van der Waals surface area contributed by atoms with Crippen molar-refractivity contribution in [3.8, 4) is 0 Å². The number of aliphatic hydroxyl groups excluding tert-OH is 1. The molecule has 0 saturated carbocycles. The minimum Gasteiger partial charge on any atom is -0.466 e. The van der Waals surface area contributed by atoms with Gasteiger partial charge in [-0.25, -0.2) is 0 Å². The predicted octanol–water partition coefficient (Wildman–Crippen LogP) is 3.98. The molecule has 0 bridgehead atoms. The normalized spacial score (nSPS) is 12.2. The molecule has 0 aliphatic carbocycles. The maximum Gasteiger partial charge on any atom is 0.305 e. The number of halogens is 2. The zero-order valence-corrected chi connectivity index (χ0v) is 13.3. The molecule has 1 aromatic rings. The Labute approximate surface area is 124 Å². The van der Waals surface area contributed by atoms with Gasteiger partial charge in [-0.1, -0.05) is 13.0 Å². The van der Waals surface area contributed by atoms with Gasteiger partial charge in [-0.05, 0) is 62.4 Å². The first-order valence-electron chi connectivity index (χ1n) is 5.83. The van der Waals surface area contributed by atoms with Gasteiger partial charge < -0.3 is 9.84 Å². The van der Waals surface area contributed by atoms with Gasteiger partial charge >= 0.3 is 5.97 Å². The molecule has 0 amide bonds. The number of hydrogen-bond donors (Lipinski definition) is 1. The van der Waals surface area contributed by atoms with Gasteiger partial charge in [0.15, 0.2) is 0 Å². The highest BCUT2D eigenvalue weighted by molar-refractivity contribution is 9.13. The monoisotopic (exact) mass is 378 g/mol. The first kappa shape index (κ1) is 15.7. The van der Waals surface area contributed by atoms with E-state index in [0.29, 0.717) is 13.0 Å². The van der Waals surface area contributed by atoms with Crippen molar-refractivity contribution < 1.29 is 14.6 Å². The van der Waals surface area contributed by atoms with Crippen LogP contribution in [-0.4, -0.2) is 17.7 Å². The molecule has 0 radical (unpaired) electrons. The van der Waals surface area contributed by atoms with E-state index in [-0.39, 0.29) is 12.4 Å². The van der Waals surface area contributed by atoms with Gasteiger partial charge in [0.2, 0.25) is 0 Å². The summed E-state index contributed by atoms with van der Waals surface area (Å²) in [6.07, 6.45) is 0.767. The Kier molecular flexibility index (Phi) is 6.89. The van der Waals surface area contributed by atoms with Crippen molar-refractivity contribution in [3.05, 3.63) is 32.7 Å². The number of carbonyl (C=O) groups is 1.